The fourth-order valence-electron chi connectivity index (χ4n) is 1.88. The zero-order valence-electron chi connectivity index (χ0n) is 13.0. The van der Waals surface area contributed by atoms with E-state index in [1.165, 1.54) is 18.4 Å². The maximum Gasteiger partial charge on any atom is 0.351 e. The highest BCUT2D eigenvalue weighted by Gasteiger charge is 2.19. The molecule has 1 heterocycles. The van der Waals surface area contributed by atoms with E-state index in [4.69, 9.17) is 4.74 Å². The summed E-state index contributed by atoms with van der Waals surface area (Å²) >= 11 is 1.17. The van der Waals surface area contributed by atoms with Crippen LogP contribution in [0.25, 0.3) is 0 Å². The van der Waals surface area contributed by atoms with Gasteiger partial charge in [0.1, 0.15) is 0 Å². The van der Waals surface area contributed by atoms with Crippen molar-refractivity contribution in [3.63, 3.8) is 0 Å². The fourth-order valence-corrected chi connectivity index (χ4v) is 2.62. The van der Waals surface area contributed by atoms with Crippen molar-refractivity contribution in [2.75, 3.05) is 7.11 Å². The molecule has 0 saturated heterocycles. The number of carbonyl (C=O) groups is 2. The monoisotopic (exact) mass is 318 g/mol. The summed E-state index contributed by atoms with van der Waals surface area (Å²) in [5, 5.41) is 1.68. The van der Waals surface area contributed by atoms with Crippen molar-refractivity contribution in [1.29, 1.82) is 0 Å². The van der Waals surface area contributed by atoms with Gasteiger partial charge in [0, 0.05) is 0 Å². The van der Waals surface area contributed by atoms with Crippen LogP contribution in [-0.4, -0.2) is 19.0 Å². The van der Waals surface area contributed by atoms with Crippen LogP contribution in [0.3, 0.4) is 0 Å². The van der Waals surface area contributed by atoms with Crippen LogP contribution in [0.2, 0.25) is 0 Å². The Morgan fingerprint density at radius 3 is 2.18 bits per heavy atom. The first-order chi connectivity index (χ1) is 10.3. The summed E-state index contributed by atoms with van der Waals surface area (Å²) in [6, 6.07) is 8.86. The topological polar surface area (TPSA) is 52.6 Å². The molecule has 2 rings (SSSR count). The van der Waals surface area contributed by atoms with Crippen LogP contribution in [0.5, 0.6) is 5.75 Å². The smallest absolute Gasteiger partial charge is 0.351 e. The highest BCUT2D eigenvalue weighted by molar-refractivity contribution is 7.12. The molecule has 0 amide bonds. The standard InChI is InChI=1S/C17H18O4S/c1-17(2,3)12-7-5-11(6-8-12)15(18)21-13-9-10-22-14(13)16(19)20-4/h5-10H,1-4H3. The fraction of sp³-hybridized carbons (Fsp3) is 0.294. The van der Waals surface area contributed by atoms with Crippen LogP contribution in [0.4, 0.5) is 0 Å². The molecule has 0 radical (unpaired) electrons. The maximum atomic E-state index is 12.2. The van der Waals surface area contributed by atoms with E-state index in [0.29, 0.717) is 5.56 Å². The van der Waals surface area contributed by atoms with Gasteiger partial charge in [-0.2, -0.15) is 0 Å². The lowest BCUT2D eigenvalue weighted by atomic mass is 9.87. The van der Waals surface area contributed by atoms with Gasteiger partial charge >= 0.3 is 11.9 Å². The van der Waals surface area contributed by atoms with Crippen LogP contribution >= 0.6 is 11.3 Å². The Morgan fingerprint density at radius 2 is 1.64 bits per heavy atom. The van der Waals surface area contributed by atoms with Crippen LogP contribution < -0.4 is 4.74 Å². The van der Waals surface area contributed by atoms with E-state index in [1.807, 2.05) is 12.1 Å². The van der Waals surface area contributed by atoms with E-state index in [2.05, 4.69) is 25.5 Å². The van der Waals surface area contributed by atoms with Crippen molar-refractivity contribution >= 4 is 23.3 Å². The third-order valence-corrected chi connectivity index (χ3v) is 4.06. The number of methoxy groups -OCH3 is 1. The number of benzene rings is 1. The number of hydrogen-bond acceptors (Lipinski definition) is 5. The van der Waals surface area contributed by atoms with Gasteiger partial charge in [-0.1, -0.05) is 32.9 Å². The molecular formula is C17H18O4S. The van der Waals surface area contributed by atoms with Crippen LogP contribution in [0.1, 0.15) is 46.4 Å². The molecule has 2 aromatic rings. The number of thiophene rings is 1. The van der Waals surface area contributed by atoms with Gasteiger partial charge in [-0.05, 0) is 34.6 Å². The van der Waals surface area contributed by atoms with Gasteiger partial charge in [0.2, 0.25) is 0 Å². The highest BCUT2D eigenvalue weighted by atomic mass is 32.1. The second-order valence-electron chi connectivity index (χ2n) is 5.82. The second kappa shape index (κ2) is 6.32. The maximum absolute atomic E-state index is 12.2. The molecule has 22 heavy (non-hydrogen) atoms. The van der Waals surface area contributed by atoms with Crippen molar-refractivity contribution in [2.24, 2.45) is 0 Å². The predicted octanol–water partition coefficient (Wildman–Crippen LogP) is 4.05. The first-order valence-corrected chi connectivity index (χ1v) is 7.69. The summed E-state index contributed by atoms with van der Waals surface area (Å²) in [4.78, 5) is 24.0. The van der Waals surface area contributed by atoms with Crippen molar-refractivity contribution in [2.45, 2.75) is 26.2 Å². The lowest BCUT2D eigenvalue weighted by Gasteiger charge is -2.18. The zero-order chi connectivity index (χ0) is 16.3. The summed E-state index contributed by atoms with van der Waals surface area (Å²) < 4.78 is 9.95. The lowest BCUT2D eigenvalue weighted by Crippen LogP contribution is -2.13. The molecule has 1 aromatic carbocycles. The van der Waals surface area contributed by atoms with Gasteiger partial charge in [-0.3, -0.25) is 0 Å². The average Bonchev–Trinajstić information content (AvgIpc) is 2.93. The summed E-state index contributed by atoms with van der Waals surface area (Å²) in [7, 11) is 1.29. The Balaban J connectivity index is 2.16. The second-order valence-corrected chi connectivity index (χ2v) is 6.74. The predicted molar refractivity (Wildman–Crippen MR) is 85.8 cm³/mol. The Kier molecular flexibility index (Phi) is 4.66. The third-order valence-electron chi connectivity index (χ3n) is 3.19. The third kappa shape index (κ3) is 3.54. The first kappa shape index (κ1) is 16.2. The summed E-state index contributed by atoms with van der Waals surface area (Å²) in [5.41, 5.74) is 1.60. The van der Waals surface area contributed by atoms with E-state index in [-0.39, 0.29) is 16.0 Å². The molecule has 0 N–H and O–H groups in total. The van der Waals surface area contributed by atoms with E-state index >= 15 is 0 Å². The molecule has 1 aromatic heterocycles. The number of carbonyl (C=O) groups excluding carboxylic acids is 2. The zero-order valence-corrected chi connectivity index (χ0v) is 13.8. The van der Waals surface area contributed by atoms with Gasteiger partial charge < -0.3 is 9.47 Å². The molecule has 116 valence electrons. The lowest BCUT2D eigenvalue weighted by molar-refractivity contribution is 0.0599. The first-order valence-electron chi connectivity index (χ1n) is 6.81. The summed E-state index contributed by atoms with van der Waals surface area (Å²) in [5.74, 6) is -0.786. The molecule has 0 aliphatic rings. The van der Waals surface area contributed by atoms with Crippen molar-refractivity contribution in [3.8, 4) is 5.75 Å². The van der Waals surface area contributed by atoms with Crippen LogP contribution in [0.15, 0.2) is 35.7 Å². The van der Waals surface area contributed by atoms with Crippen molar-refractivity contribution in [3.05, 3.63) is 51.7 Å². The molecule has 0 unspecified atom stereocenters. The average molecular weight is 318 g/mol. The number of esters is 2. The minimum absolute atomic E-state index is 0.0217. The molecule has 5 heteroatoms. The van der Waals surface area contributed by atoms with E-state index in [9.17, 15) is 9.59 Å². The van der Waals surface area contributed by atoms with E-state index in [0.717, 1.165) is 5.56 Å². The molecule has 0 bridgehead atoms. The Morgan fingerprint density at radius 1 is 1.00 bits per heavy atom. The Bertz CT molecular complexity index is 677. The quantitative estimate of drug-likeness (QED) is 0.801. The SMILES string of the molecule is COC(=O)c1sccc1OC(=O)c1ccc(C(C)(C)C)cc1. The van der Waals surface area contributed by atoms with Crippen LogP contribution in [-0.2, 0) is 10.2 Å². The molecule has 0 aliphatic heterocycles. The van der Waals surface area contributed by atoms with Gasteiger partial charge in [0.25, 0.3) is 0 Å². The minimum Gasteiger partial charge on any atom is -0.465 e. The van der Waals surface area contributed by atoms with Crippen LogP contribution in [0, 0.1) is 0 Å². The summed E-state index contributed by atoms with van der Waals surface area (Å²) in [6.45, 7) is 6.32. The largest absolute Gasteiger partial charge is 0.465 e. The molecule has 4 nitrogen and oxygen atoms in total. The summed E-state index contributed by atoms with van der Waals surface area (Å²) in [6.07, 6.45) is 0. The Hall–Kier alpha value is -2.14. The van der Waals surface area contributed by atoms with Crippen molar-refractivity contribution < 1.29 is 19.1 Å². The molecule has 0 spiro atoms. The van der Waals surface area contributed by atoms with Gasteiger partial charge in [-0.25, -0.2) is 9.59 Å². The molecule has 0 fully saturated rings. The van der Waals surface area contributed by atoms with E-state index in [1.54, 1.807) is 23.6 Å². The number of hydrogen-bond donors (Lipinski definition) is 0. The molecule has 0 aliphatic carbocycles. The molecule has 0 saturated carbocycles. The number of ether oxygens (including phenoxy) is 2. The number of rotatable bonds is 3. The highest BCUT2D eigenvalue weighted by Crippen LogP contribution is 2.27. The molecular weight excluding hydrogens is 300 g/mol. The van der Waals surface area contributed by atoms with Crippen molar-refractivity contribution in [1.82, 2.24) is 0 Å². The van der Waals surface area contributed by atoms with Gasteiger partial charge in [0.15, 0.2) is 10.6 Å². The van der Waals surface area contributed by atoms with E-state index < -0.39 is 11.9 Å². The molecule has 0 atom stereocenters. The van der Waals surface area contributed by atoms with Gasteiger partial charge in [-0.15, -0.1) is 11.3 Å². The minimum atomic E-state index is -0.513. The Labute approximate surface area is 133 Å². The van der Waals surface area contributed by atoms with Gasteiger partial charge in [0.05, 0.1) is 12.7 Å². The normalized spacial score (nSPS) is 11.1.